The smallest absolute Gasteiger partial charge is 0.314 e. The van der Waals surface area contributed by atoms with Crippen LogP contribution in [0.2, 0.25) is 0 Å². The van der Waals surface area contributed by atoms with E-state index in [9.17, 15) is 30.0 Å². The van der Waals surface area contributed by atoms with E-state index in [-0.39, 0.29) is 22.7 Å². The molecule has 2 bridgehead atoms. The number of carbonyl (C=O) groups is 2. The van der Waals surface area contributed by atoms with E-state index in [4.69, 9.17) is 9.47 Å². The van der Waals surface area contributed by atoms with E-state index in [2.05, 4.69) is 6.92 Å². The van der Waals surface area contributed by atoms with E-state index < -0.39 is 48.7 Å². The fourth-order valence-corrected chi connectivity index (χ4v) is 8.82. The molecule has 1 spiro atoms. The Kier molecular flexibility index (Phi) is 5.73. The number of carbonyl (C=O) groups excluding carboxylic acids is 2. The summed E-state index contributed by atoms with van der Waals surface area (Å²) < 4.78 is 11.1. The van der Waals surface area contributed by atoms with Crippen molar-refractivity contribution in [1.82, 2.24) is 0 Å². The molecule has 5 aliphatic rings. The molecule has 0 amide bonds. The van der Waals surface area contributed by atoms with Crippen molar-refractivity contribution in [2.24, 2.45) is 34.0 Å². The number of Topliss-reactive ketones (excluding diaryl/α,β-unsaturated/α-hetero) is 1. The Balaban J connectivity index is 1.38. The van der Waals surface area contributed by atoms with Gasteiger partial charge < -0.3 is 29.9 Å². The number of fused-ring (bicyclic) bond motifs is 3. The first-order valence-electron chi connectivity index (χ1n) is 12.6. The van der Waals surface area contributed by atoms with Crippen molar-refractivity contribution in [3.8, 4) is 0 Å². The fraction of sp³-hybridized carbons (Fsp3) is 0.920. The number of aliphatic hydroxyl groups is 4. The first kappa shape index (κ1) is 23.7. The Morgan fingerprint density at radius 2 is 1.79 bits per heavy atom. The highest BCUT2D eigenvalue weighted by Gasteiger charge is 2.66. The average molecular weight is 467 g/mol. The van der Waals surface area contributed by atoms with Gasteiger partial charge in [0.15, 0.2) is 0 Å². The van der Waals surface area contributed by atoms with Crippen molar-refractivity contribution < 1.29 is 39.5 Å². The quantitative estimate of drug-likeness (QED) is 0.458. The Bertz CT molecular complexity index is 814. The molecular weight excluding hydrogens is 428 g/mol. The molecule has 0 aromatic carbocycles. The van der Waals surface area contributed by atoms with Gasteiger partial charge in [0.05, 0.1) is 12.0 Å². The van der Waals surface area contributed by atoms with Crippen LogP contribution in [-0.4, -0.2) is 69.5 Å². The van der Waals surface area contributed by atoms with Crippen molar-refractivity contribution in [3.05, 3.63) is 0 Å². The van der Waals surface area contributed by atoms with Crippen LogP contribution < -0.4 is 0 Å². The van der Waals surface area contributed by atoms with Crippen molar-refractivity contribution in [1.29, 1.82) is 0 Å². The van der Waals surface area contributed by atoms with Gasteiger partial charge in [-0.2, -0.15) is 0 Å². The SMILES string of the molecule is C[C@@]12CCC[C@@](C)(C(=O)O[C@@H]3O[C@H](CO)[C@@H](O)[C@H](O)[C@H]3O)[C@H]1CC[C@]13CC(=O)[C@H](CC[C@H]12)C3. The molecule has 5 rings (SSSR count). The lowest BCUT2D eigenvalue weighted by Crippen LogP contribution is -2.61. The molecule has 4 saturated carbocycles. The number of hydrogen-bond acceptors (Lipinski definition) is 8. The molecule has 1 aliphatic heterocycles. The van der Waals surface area contributed by atoms with Crippen LogP contribution in [0.25, 0.3) is 0 Å². The first-order chi connectivity index (χ1) is 15.6. The number of esters is 1. The summed E-state index contributed by atoms with van der Waals surface area (Å²) in [6.45, 7) is 3.69. The van der Waals surface area contributed by atoms with Crippen LogP contribution in [0.4, 0.5) is 0 Å². The molecule has 4 aliphatic carbocycles. The predicted octanol–water partition coefficient (Wildman–Crippen LogP) is 1.31. The van der Waals surface area contributed by atoms with Gasteiger partial charge in [0, 0.05) is 12.3 Å². The highest BCUT2D eigenvalue weighted by atomic mass is 16.7. The van der Waals surface area contributed by atoms with Crippen molar-refractivity contribution >= 4 is 11.8 Å². The van der Waals surface area contributed by atoms with E-state index >= 15 is 0 Å². The zero-order valence-corrected chi connectivity index (χ0v) is 19.6. The Morgan fingerprint density at radius 1 is 1.03 bits per heavy atom. The van der Waals surface area contributed by atoms with Gasteiger partial charge >= 0.3 is 5.97 Å². The molecule has 11 atom stereocenters. The molecule has 0 aromatic heterocycles. The van der Waals surface area contributed by atoms with Gasteiger partial charge in [0.2, 0.25) is 6.29 Å². The third-order valence-electron chi connectivity index (χ3n) is 10.4. The van der Waals surface area contributed by atoms with Crippen LogP contribution in [-0.2, 0) is 19.1 Å². The van der Waals surface area contributed by atoms with E-state index in [0.29, 0.717) is 24.5 Å². The largest absolute Gasteiger partial charge is 0.432 e. The van der Waals surface area contributed by atoms with Crippen LogP contribution in [0.1, 0.15) is 71.6 Å². The maximum Gasteiger partial charge on any atom is 0.314 e. The summed E-state index contributed by atoms with van der Waals surface area (Å²) in [6.07, 6.45) is 0.882. The summed E-state index contributed by atoms with van der Waals surface area (Å²) in [6, 6.07) is 0. The summed E-state index contributed by atoms with van der Waals surface area (Å²) in [5, 5.41) is 39.9. The summed E-state index contributed by atoms with van der Waals surface area (Å²) in [4.78, 5) is 26.2. The standard InChI is InChI=1S/C25H38O8/c1-23-7-3-8-24(2,22(31)33-21-20(30)19(29)18(28)15(12-26)32-21)16(23)6-9-25-10-13(14(27)11-25)4-5-17(23)25/h13,15-21,26,28-30H,3-12H2,1-2H3/t13-,15-,16+,17+,18-,19+,20-,21+,23-,24-,25+/m1/s1. The molecular formula is C25H38O8. The third kappa shape index (κ3) is 3.35. The lowest BCUT2D eigenvalue weighted by atomic mass is 9.41. The summed E-state index contributed by atoms with van der Waals surface area (Å²) in [7, 11) is 0. The van der Waals surface area contributed by atoms with Crippen LogP contribution in [0.5, 0.6) is 0 Å². The normalized spacial score (nSPS) is 53.8. The van der Waals surface area contributed by atoms with Crippen LogP contribution in [0, 0.1) is 34.0 Å². The van der Waals surface area contributed by atoms with E-state index in [1.165, 1.54) is 0 Å². The summed E-state index contributed by atoms with van der Waals surface area (Å²) >= 11 is 0. The van der Waals surface area contributed by atoms with E-state index in [1.807, 2.05) is 6.92 Å². The monoisotopic (exact) mass is 466 g/mol. The molecule has 4 N–H and O–H groups in total. The highest BCUT2D eigenvalue weighted by Crippen LogP contribution is 2.71. The minimum absolute atomic E-state index is 0.0603. The van der Waals surface area contributed by atoms with Gasteiger partial charge in [0.25, 0.3) is 0 Å². The summed E-state index contributed by atoms with van der Waals surface area (Å²) in [5.41, 5.74) is -0.743. The molecule has 0 unspecified atom stereocenters. The molecule has 0 aromatic rings. The predicted molar refractivity (Wildman–Crippen MR) is 116 cm³/mol. The van der Waals surface area contributed by atoms with Gasteiger partial charge in [-0.3, -0.25) is 9.59 Å². The minimum atomic E-state index is -1.60. The van der Waals surface area contributed by atoms with E-state index in [1.54, 1.807) is 0 Å². The maximum absolute atomic E-state index is 13.6. The van der Waals surface area contributed by atoms with Crippen molar-refractivity contribution in [3.63, 3.8) is 0 Å². The van der Waals surface area contributed by atoms with E-state index in [0.717, 1.165) is 44.9 Å². The lowest BCUT2D eigenvalue weighted by molar-refractivity contribution is -0.298. The number of rotatable bonds is 3. The van der Waals surface area contributed by atoms with Crippen LogP contribution >= 0.6 is 0 Å². The topological polar surface area (TPSA) is 134 Å². The number of aliphatic hydroxyl groups excluding tert-OH is 4. The van der Waals surface area contributed by atoms with Gasteiger partial charge in [-0.05, 0) is 74.5 Å². The number of ether oxygens (including phenoxy) is 2. The third-order valence-corrected chi connectivity index (χ3v) is 10.4. The second-order valence-corrected chi connectivity index (χ2v) is 12.0. The van der Waals surface area contributed by atoms with Gasteiger partial charge in [-0.1, -0.05) is 13.3 Å². The number of ketones is 1. The maximum atomic E-state index is 13.6. The molecule has 5 fully saturated rings. The molecule has 0 radical (unpaired) electrons. The van der Waals surface area contributed by atoms with Crippen molar-refractivity contribution in [2.45, 2.75) is 102 Å². The Hall–Kier alpha value is -1.06. The fourth-order valence-electron chi connectivity index (χ4n) is 8.82. The van der Waals surface area contributed by atoms with Gasteiger partial charge in [0.1, 0.15) is 30.2 Å². The van der Waals surface area contributed by atoms with Crippen LogP contribution in [0.3, 0.4) is 0 Å². The number of hydrogen-bond donors (Lipinski definition) is 4. The minimum Gasteiger partial charge on any atom is -0.432 e. The van der Waals surface area contributed by atoms with Crippen LogP contribution in [0.15, 0.2) is 0 Å². The second-order valence-electron chi connectivity index (χ2n) is 12.0. The zero-order chi connectivity index (χ0) is 23.8. The lowest BCUT2D eigenvalue weighted by Gasteiger charge is -2.63. The highest BCUT2D eigenvalue weighted by molar-refractivity contribution is 5.84. The molecule has 1 heterocycles. The zero-order valence-electron chi connectivity index (χ0n) is 19.6. The molecule has 33 heavy (non-hydrogen) atoms. The van der Waals surface area contributed by atoms with Gasteiger partial charge in [-0.25, -0.2) is 0 Å². The van der Waals surface area contributed by atoms with Crippen molar-refractivity contribution in [2.75, 3.05) is 6.61 Å². The Morgan fingerprint density at radius 3 is 2.52 bits per heavy atom. The molecule has 186 valence electrons. The first-order valence-corrected chi connectivity index (χ1v) is 12.6. The Labute approximate surface area is 194 Å². The molecule has 1 saturated heterocycles. The average Bonchev–Trinajstić information content (AvgIpc) is 3.01. The second kappa shape index (κ2) is 7.98. The van der Waals surface area contributed by atoms with Gasteiger partial charge in [-0.15, -0.1) is 0 Å². The summed E-state index contributed by atoms with van der Waals surface area (Å²) in [5.74, 6) is 0.715. The molecule has 8 nitrogen and oxygen atoms in total. The molecule has 8 heteroatoms.